The van der Waals surface area contributed by atoms with E-state index in [9.17, 15) is 4.79 Å². The molecule has 0 radical (unpaired) electrons. The van der Waals surface area contributed by atoms with Crippen molar-refractivity contribution in [2.24, 2.45) is 0 Å². The molecule has 2 rings (SSSR count). The molecule has 1 unspecified atom stereocenters. The Bertz CT molecular complexity index is 655. The van der Waals surface area contributed by atoms with Crippen molar-refractivity contribution in [2.75, 3.05) is 14.2 Å². The molecule has 0 aliphatic heterocycles. The van der Waals surface area contributed by atoms with Gasteiger partial charge in [-0.15, -0.1) is 11.8 Å². The number of ketones is 1. The summed E-state index contributed by atoms with van der Waals surface area (Å²) in [5, 5.41) is -0.181. The maximum atomic E-state index is 12.6. The van der Waals surface area contributed by atoms with Crippen LogP contribution >= 0.6 is 27.7 Å². The van der Waals surface area contributed by atoms with Crippen LogP contribution in [-0.2, 0) is 0 Å². The van der Waals surface area contributed by atoms with E-state index in [1.54, 1.807) is 32.4 Å². The first-order valence-electron chi connectivity index (χ1n) is 6.73. The number of hydrogen-bond donors (Lipinski definition) is 0. The SMILES string of the molecule is COc1ccc(C(=O)C(C)Sc2ccc(Br)cc2)cc1OC. The van der Waals surface area contributed by atoms with Crippen LogP contribution in [-0.4, -0.2) is 25.3 Å². The number of methoxy groups -OCH3 is 2. The number of benzene rings is 2. The van der Waals surface area contributed by atoms with Crippen molar-refractivity contribution in [1.82, 2.24) is 0 Å². The molecule has 22 heavy (non-hydrogen) atoms. The molecule has 0 spiro atoms. The van der Waals surface area contributed by atoms with E-state index in [2.05, 4.69) is 15.9 Å². The number of halogens is 1. The molecule has 1 atom stereocenters. The third-order valence-corrected chi connectivity index (χ3v) is 4.80. The van der Waals surface area contributed by atoms with E-state index in [0.717, 1.165) is 9.37 Å². The van der Waals surface area contributed by atoms with Gasteiger partial charge in [0, 0.05) is 14.9 Å². The van der Waals surface area contributed by atoms with E-state index in [4.69, 9.17) is 9.47 Å². The monoisotopic (exact) mass is 380 g/mol. The fourth-order valence-electron chi connectivity index (χ4n) is 2.00. The highest BCUT2D eigenvalue weighted by molar-refractivity contribution is 9.10. The van der Waals surface area contributed by atoms with E-state index in [1.165, 1.54) is 11.8 Å². The van der Waals surface area contributed by atoms with Gasteiger partial charge in [0.1, 0.15) is 0 Å². The van der Waals surface area contributed by atoms with Crippen molar-refractivity contribution in [3.05, 3.63) is 52.5 Å². The van der Waals surface area contributed by atoms with E-state index >= 15 is 0 Å². The van der Waals surface area contributed by atoms with Crippen LogP contribution in [0.3, 0.4) is 0 Å². The van der Waals surface area contributed by atoms with Crippen LogP contribution in [0, 0.1) is 0 Å². The summed E-state index contributed by atoms with van der Waals surface area (Å²) in [5.74, 6) is 1.25. The normalized spacial score (nSPS) is 11.8. The van der Waals surface area contributed by atoms with Gasteiger partial charge in [-0.2, -0.15) is 0 Å². The summed E-state index contributed by atoms with van der Waals surface area (Å²) in [6, 6.07) is 13.2. The Morgan fingerprint density at radius 3 is 2.27 bits per heavy atom. The van der Waals surface area contributed by atoms with Gasteiger partial charge in [0.05, 0.1) is 19.5 Å². The van der Waals surface area contributed by atoms with Gasteiger partial charge < -0.3 is 9.47 Å². The van der Waals surface area contributed by atoms with E-state index < -0.39 is 0 Å². The summed E-state index contributed by atoms with van der Waals surface area (Å²) in [6.45, 7) is 1.91. The fourth-order valence-corrected chi connectivity index (χ4v) is 3.20. The molecule has 2 aromatic carbocycles. The molecule has 0 heterocycles. The van der Waals surface area contributed by atoms with E-state index in [0.29, 0.717) is 17.1 Å². The second kappa shape index (κ2) is 7.70. The first-order valence-corrected chi connectivity index (χ1v) is 8.41. The van der Waals surface area contributed by atoms with Gasteiger partial charge in [0.15, 0.2) is 17.3 Å². The summed E-state index contributed by atoms with van der Waals surface area (Å²) in [5.41, 5.74) is 0.620. The van der Waals surface area contributed by atoms with Crippen molar-refractivity contribution in [3.63, 3.8) is 0 Å². The lowest BCUT2D eigenvalue weighted by atomic mass is 10.1. The molecule has 0 N–H and O–H groups in total. The molecule has 0 saturated heterocycles. The number of carbonyl (C=O) groups is 1. The number of ether oxygens (including phenoxy) is 2. The summed E-state index contributed by atoms with van der Waals surface area (Å²) >= 11 is 4.94. The number of carbonyl (C=O) groups excluding carboxylic acids is 1. The highest BCUT2D eigenvalue weighted by atomic mass is 79.9. The Kier molecular flexibility index (Phi) is 5.91. The maximum absolute atomic E-state index is 12.6. The lowest BCUT2D eigenvalue weighted by Gasteiger charge is -2.13. The fraction of sp³-hybridized carbons (Fsp3) is 0.235. The third kappa shape index (κ3) is 4.05. The molecule has 3 nitrogen and oxygen atoms in total. The van der Waals surface area contributed by atoms with Crippen LogP contribution in [0.25, 0.3) is 0 Å². The van der Waals surface area contributed by atoms with Crippen molar-refractivity contribution in [2.45, 2.75) is 17.1 Å². The Morgan fingerprint density at radius 2 is 1.68 bits per heavy atom. The lowest BCUT2D eigenvalue weighted by Crippen LogP contribution is -2.13. The zero-order valence-corrected chi connectivity index (χ0v) is 15.0. The van der Waals surface area contributed by atoms with Gasteiger partial charge in [0.2, 0.25) is 0 Å². The minimum Gasteiger partial charge on any atom is -0.493 e. The van der Waals surface area contributed by atoms with Crippen LogP contribution in [0.4, 0.5) is 0 Å². The minimum atomic E-state index is -0.181. The quantitative estimate of drug-likeness (QED) is 0.530. The number of rotatable bonds is 6. The van der Waals surface area contributed by atoms with Gasteiger partial charge >= 0.3 is 0 Å². The second-order valence-corrected chi connectivity index (χ2v) is 6.98. The Hall–Kier alpha value is -1.46. The predicted molar refractivity (Wildman–Crippen MR) is 93.3 cm³/mol. The van der Waals surface area contributed by atoms with Crippen molar-refractivity contribution >= 4 is 33.5 Å². The standard InChI is InChI=1S/C17H17BrO3S/c1-11(22-14-7-5-13(18)6-8-14)17(19)12-4-9-15(20-2)16(10-12)21-3/h4-11H,1-3H3. The lowest BCUT2D eigenvalue weighted by molar-refractivity contribution is 0.0993. The first-order chi connectivity index (χ1) is 10.5. The van der Waals surface area contributed by atoms with Crippen LogP contribution in [0.2, 0.25) is 0 Å². The Morgan fingerprint density at radius 1 is 1.05 bits per heavy atom. The zero-order chi connectivity index (χ0) is 16.1. The van der Waals surface area contributed by atoms with Gasteiger partial charge in [0.25, 0.3) is 0 Å². The highest BCUT2D eigenvalue weighted by Gasteiger charge is 2.18. The van der Waals surface area contributed by atoms with Crippen LogP contribution in [0.5, 0.6) is 11.5 Å². The molecule has 0 aromatic heterocycles. The topological polar surface area (TPSA) is 35.5 Å². The van der Waals surface area contributed by atoms with Crippen molar-refractivity contribution < 1.29 is 14.3 Å². The molecule has 0 saturated carbocycles. The van der Waals surface area contributed by atoms with Crippen LogP contribution < -0.4 is 9.47 Å². The molecule has 2 aromatic rings. The largest absolute Gasteiger partial charge is 0.493 e. The second-order valence-electron chi connectivity index (χ2n) is 4.65. The molecule has 0 aliphatic carbocycles. The minimum absolute atomic E-state index is 0.0638. The van der Waals surface area contributed by atoms with Gasteiger partial charge in [-0.05, 0) is 49.4 Å². The smallest absolute Gasteiger partial charge is 0.176 e. The molecular formula is C17H17BrO3S. The average Bonchev–Trinajstić information content (AvgIpc) is 2.55. The third-order valence-electron chi connectivity index (χ3n) is 3.16. The summed E-state index contributed by atoms with van der Waals surface area (Å²) in [7, 11) is 3.14. The molecule has 0 amide bonds. The first kappa shape index (κ1) is 16.9. The predicted octanol–water partition coefficient (Wildman–Crippen LogP) is 4.83. The van der Waals surface area contributed by atoms with Gasteiger partial charge in [-0.25, -0.2) is 0 Å². The number of Topliss-reactive ketones (excluding diaryl/α,β-unsaturated/α-hetero) is 1. The van der Waals surface area contributed by atoms with Gasteiger partial charge in [-0.1, -0.05) is 15.9 Å². The Balaban J connectivity index is 2.14. The van der Waals surface area contributed by atoms with E-state index in [1.807, 2.05) is 31.2 Å². The van der Waals surface area contributed by atoms with Crippen LogP contribution in [0.15, 0.2) is 51.8 Å². The zero-order valence-electron chi connectivity index (χ0n) is 12.6. The van der Waals surface area contributed by atoms with Crippen molar-refractivity contribution in [1.29, 1.82) is 0 Å². The maximum Gasteiger partial charge on any atom is 0.176 e. The number of thioether (sulfide) groups is 1. The highest BCUT2D eigenvalue weighted by Crippen LogP contribution is 2.31. The molecule has 0 aliphatic rings. The molecule has 0 fully saturated rings. The summed E-state index contributed by atoms with van der Waals surface area (Å²) < 4.78 is 11.5. The average molecular weight is 381 g/mol. The summed E-state index contributed by atoms with van der Waals surface area (Å²) in [4.78, 5) is 13.6. The van der Waals surface area contributed by atoms with Crippen LogP contribution in [0.1, 0.15) is 17.3 Å². The summed E-state index contributed by atoms with van der Waals surface area (Å²) in [6.07, 6.45) is 0. The van der Waals surface area contributed by atoms with Crippen molar-refractivity contribution in [3.8, 4) is 11.5 Å². The molecule has 5 heteroatoms. The molecular weight excluding hydrogens is 364 g/mol. The Labute approximate surface area is 143 Å². The number of hydrogen-bond acceptors (Lipinski definition) is 4. The molecule has 0 bridgehead atoms. The van der Waals surface area contributed by atoms with Gasteiger partial charge in [-0.3, -0.25) is 4.79 Å². The van der Waals surface area contributed by atoms with E-state index in [-0.39, 0.29) is 11.0 Å². The molecule has 116 valence electrons.